The van der Waals surface area contributed by atoms with Crippen LogP contribution in [0.25, 0.3) is 0 Å². The maximum Gasteiger partial charge on any atom is 0.255 e. The van der Waals surface area contributed by atoms with Gasteiger partial charge < -0.3 is 14.5 Å². The summed E-state index contributed by atoms with van der Waals surface area (Å²) in [6.45, 7) is 3.83. The first-order valence-electron chi connectivity index (χ1n) is 9.08. The summed E-state index contributed by atoms with van der Waals surface area (Å²) in [5.74, 6) is 0.990. The molecule has 1 unspecified atom stereocenters. The van der Waals surface area contributed by atoms with Gasteiger partial charge in [0.25, 0.3) is 5.91 Å². The molecule has 2 fully saturated rings. The van der Waals surface area contributed by atoms with Crippen LogP contribution < -0.4 is 4.90 Å². The molecule has 0 aliphatic carbocycles. The number of carbonyl (C=O) groups is 1. The van der Waals surface area contributed by atoms with Gasteiger partial charge >= 0.3 is 0 Å². The molecule has 0 N–H and O–H groups in total. The normalized spacial score (nSPS) is 20.4. The molecule has 0 radical (unpaired) electrons. The summed E-state index contributed by atoms with van der Waals surface area (Å²) in [6.07, 6.45) is 4.05. The first-order valence-corrected chi connectivity index (χ1v) is 9.87. The third kappa shape index (κ3) is 3.76. The largest absolute Gasteiger partial charge is 0.370 e. The topological polar surface area (TPSA) is 45.7 Å². The highest BCUT2D eigenvalue weighted by Crippen LogP contribution is 2.25. The number of aromatic nitrogens is 1. The lowest BCUT2D eigenvalue weighted by Gasteiger charge is -2.33. The lowest BCUT2D eigenvalue weighted by molar-refractivity contribution is -0.0228. The van der Waals surface area contributed by atoms with E-state index in [9.17, 15) is 4.79 Å². The molecule has 4 rings (SSSR count). The van der Waals surface area contributed by atoms with Crippen molar-refractivity contribution in [3.8, 4) is 0 Å². The van der Waals surface area contributed by atoms with Crippen molar-refractivity contribution in [1.82, 2.24) is 9.88 Å². The van der Waals surface area contributed by atoms with Crippen molar-refractivity contribution in [2.45, 2.75) is 18.9 Å². The predicted molar refractivity (Wildman–Crippen MR) is 104 cm³/mol. The Morgan fingerprint density at radius 1 is 1.08 bits per heavy atom. The summed E-state index contributed by atoms with van der Waals surface area (Å²) >= 11 is 3.45. The number of nitrogens with zero attached hydrogens (tertiary/aromatic N) is 3. The van der Waals surface area contributed by atoms with Crippen LogP contribution >= 0.6 is 15.9 Å². The van der Waals surface area contributed by atoms with E-state index in [-0.39, 0.29) is 12.0 Å². The fourth-order valence-electron chi connectivity index (χ4n) is 3.54. The Morgan fingerprint density at radius 2 is 1.85 bits per heavy atom. The Labute approximate surface area is 162 Å². The molecule has 136 valence electrons. The first-order chi connectivity index (χ1) is 12.7. The van der Waals surface area contributed by atoms with E-state index in [1.807, 2.05) is 41.3 Å². The van der Waals surface area contributed by atoms with Gasteiger partial charge in [0.1, 0.15) is 11.9 Å². The molecule has 1 atom stereocenters. The molecule has 0 saturated carbocycles. The Morgan fingerprint density at radius 3 is 2.54 bits per heavy atom. The second-order valence-electron chi connectivity index (χ2n) is 6.76. The highest BCUT2D eigenvalue weighted by Gasteiger charge is 2.26. The fourth-order valence-corrected chi connectivity index (χ4v) is 3.81. The zero-order valence-corrected chi connectivity index (χ0v) is 16.2. The van der Waals surface area contributed by atoms with Gasteiger partial charge in [-0.25, -0.2) is 4.98 Å². The highest BCUT2D eigenvalue weighted by molar-refractivity contribution is 9.10. The van der Waals surface area contributed by atoms with Crippen LogP contribution in [0.4, 0.5) is 5.82 Å². The Balaban J connectivity index is 1.44. The Bertz CT molecular complexity index is 758. The third-order valence-electron chi connectivity index (χ3n) is 5.02. The predicted octanol–water partition coefficient (Wildman–Crippen LogP) is 3.66. The van der Waals surface area contributed by atoms with Gasteiger partial charge in [0, 0.05) is 30.3 Å². The van der Waals surface area contributed by atoms with Gasteiger partial charge in [0.05, 0.1) is 18.7 Å². The number of benzene rings is 1. The summed E-state index contributed by atoms with van der Waals surface area (Å²) < 4.78 is 6.91. The molecule has 1 aromatic carbocycles. The third-order valence-corrected chi connectivity index (χ3v) is 5.55. The summed E-state index contributed by atoms with van der Waals surface area (Å²) in [5.41, 5.74) is 1.73. The van der Waals surface area contributed by atoms with Gasteiger partial charge in [0.2, 0.25) is 0 Å². The van der Waals surface area contributed by atoms with Crippen LogP contribution in [0.5, 0.6) is 0 Å². The van der Waals surface area contributed by atoms with Crippen molar-refractivity contribution >= 4 is 27.7 Å². The Hall–Kier alpha value is -1.92. The maximum atomic E-state index is 12.9. The van der Waals surface area contributed by atoms with E-state index in [0.717, 1.165) is 28.9 Å². The summed E-state index contributed by atoms with van der Waals surface area (Å²) in [4.78, 5) is 21.5. The van der Waals surface area contributed by atoms with E-state index >= 15 is 0 Å². The van der Waals surface area contributed by atoms with Gasteiger partial charge in [0.15, 0.2) is 0 Å². The zero-order valence-electron chi connectivity index (χ0n) is 14.6. The molecule has 2 aliphatic heterocycles. The van der Waals surface area contributed by atoms with Crippen LogP contribution in [0.2, 0.25) is 0 Å². The number of carbonyl (C=O) groups excluding carboxylic acids is 1. The molecule has 2 saturated heterocycles. The van der Waals surface area contributed by atoms with Crippen molar-refractivity contribution < 1.29 is 9.53 Å². The average molecular weight is 416 g/mol. The number of halogens is 1. The first kappa shape index (κ1) is 17.5. The number of morpholine rings is 1. The monoisotopic (exact) mass is 415 g/mol. The van der Waals surface area contributed by atoms with Gasteiger partial charge in [-0.15, -0.1) is 0 Å². The van der Waals surface area contributed by atoms with Crippen LogP contribution in [0, 0.1) is 0 Å². The van der Waals surface area contributed by atoms with E-state index in [2.05, 4.69) is 25.8 Å². The van der Waals surface area contributed by atoms with E-state index in [4.69, 9.17) is 4.74 Å². The summed E-state index contributed by atoms with van der Waals surface area (Å²) in [7, 11) is 0. The van der Waals surface area contributed by atoms with Crippen LogP contribution in [0.1, 0.15) is 34.9 Å². The number of anilines is 1. The van der Waals surface area contributed by atoms with Gasteiger partial charge in [-0.1, -0.05) is 28.1 Å². The number of hydrogen-bond donors (Lipinski definition) is 0. The van der Waals surface area contributed by atoms with Crippen LogP contribution in [0.3, 0.4) is 0 Å². The minimum atomic E-state index is -0.0855. The SMILES string of the molecule is O=C(c1ccc(N2CCCC2)nc1)N1CCOC(c2ccc(Br)cc2)C1. The number of amides is 1. The van der Waals surface area contributed by atoms with Gasteiger partial charge in [-0.2, -0.15) is 0 Å². The molecule has 3 heterocycles. The quantitative estimate of drug-likeness (QED) is 0.767. The highest BCUT2D eigenvalue weighted by atomic mass is 79.9. The van der Waals surface area contributed by atoms with Crippen molar-refractivity contribution in [1.29, 1.82) is 0 Å². The molecule has 1 aromatic heterocycles. The smallest absolute Gasteiger partial charge is 0.255 e. The van der Waals surface area contributed by atoms with Crippen LogP contribution in [-0.4, -0.2) is 48.6 Å². The molecule has 5 nitrogen and oxygen atoms in total. The van der Waals surface area contributed by atoms with Crippen molar-refractivity contribution in [2.24, 2.45) is 0 Å². The number of hydrogen-bond acceptors (Lipinski definition) is 4. The minimum Gasteiger partial charge on any atom is -0.370 e. The standard InChI is InChI=1S/C20H22BrN3O2/c21-17-6-3-15(4-7-17)18-14-24(11-12-26-18)20(25)16-5-8-19(22-13-16)23-9-1-2-10-23/h3-8,13,18H,1-2,9-12,14H2. The lowest BCUT2D eigenvalue weighted by atomic mass is 10.1. The molecular formula is C20H22BrN3O2. The van der Waals surface area contributed by atoms with Crippen molar-refractivity contribution in [3.63, 3.8) is 0 Å². The van der Waals surface area contributed by atoms with E-state index in [1.165, 1.54) is 12.8 Å². The molecule has 2 aliphatic rings. The molecule has 26 heavy (non-hydrogen) atoms. The lowest BCUT2D eigenvalue weighted by Crippen LogP contribution is -2.42. The van der Waals surface area contributed by atoms with Crippen LogP contribution in [-0.2, 0) is 4.74 Å². The number of ether oxygens (including phenoxy) is 1. The Kier molecular flexibility index (Phi) is 5.22. The second-order valence-corrected chi connectivity index (χ2v) is 7.68. The number of pyridine rings is 1. The minimum absolute atomic E-state index is 0.0240. The molecule has 6 heteroatoms. The second kappa shape index (κ2) is 7.76. The summed E-state index contributed by atoms with van der Waals surface area (Å²) in [5, 5.41) is 0. The van der Waals surface area contributed by atoms with Crippen LogP contribution in [0.15, 0.2) is 47.1 Å². The zero-order chi connectivity index (χ0) is 17.9. The molecule has 2 aromatic rings. The van der Waals surface area contributed by atoms with Gasteiger partial charge in [-0.3, -0.25) is 4.79 Å². The van der Waals surface area contributed by atoms with Crippen molar-refractivity contribution in [2.75, 3.05) is 37.7 Å². The fraction of sp³-hybridized carbons (Fsp3) is 0.400. The molecule has 1 amide bonds. The molecular weight excluding hydrogens is 394 g/mol. The van der Waals surface area contributed by atoms with E-state index in [0.29, 0.717) is 25.3 Å². The maximum absolute atomic E-state index is 12.9. The summed E-state index contributed by atoms with van der Waals surface area (Å²) in [6, 6.07) is 11.9. The average Bonchev–Trinajstić information content (AvgIpc) is 3.23. The van der Waals surface area contributed by atoms with Crippen molar-refractivity contribution in [3.05, 3.63) is 58.2 Å². The van der Waals surface area contributed by atoms with E-state index < -0.39 is 0 Å². The van der Waals surface area contributed by atoms with E-state index in [1.54, 1.807) is 6.20 Å². The molecule has 0 bridgehead atoms. The van der Waals surface area contributed by atoms with Gasteiger partial charge in [-0.05, 0) is 42.7 Å². The number of rotatable bonds is 3. The molecule has 0 spiro atoms.